The number of ether oxygens (including phenoxy) is 1. The summed E-state index contributed by atoms with van der Waals surface area (Å²) in [6.07, 6.45) is 4.10. The number of carbonyl (C=O) groups excluding carboxylic acids is 2. The molecule has 1 aliphatic carbocycles. The molecule has 1 fully saturated rings. The Morgan fingerprint density at radius 3 is 2.85 bits per heavy atom. The first-order valence-electron chi connectivity index (χ1n) is 6.53. The van der Waals surface area contributed by atoms with Crippen LogP contribution < -0.4 is 10.6 Å². The molecular formula is C13H18BrN3O3. The summed E-state index contributed by atoms with van der Waals surface area (Å²) in [4.78, 5) is 23.6. The van der Waals surface area contributed by atoms with E-state index in [0.29, 0.717) is 24.9 Å². The average molecular weight is 344 g/mol. The van der Waals surface area contributed by atoms with E-state index < -0.39 is 0 Å². The van der Waals surface area contributed by atoms with Gasteiger partial charge in [0.15, 0.2) is 0 Å². The highest BCUT2D eigenvalue weighted by Gasteiger charge is 2.27. The Hall–Kier alpha value is -1.34. The number of halogens is 1. The number of methoxy groups -OCH3 is 1. The van der Waals surface area contributed by atoms with Crippen molar-refractivity contribution in [2.75, 3.05) is 26.8 Å². The molecule has 110 valence electrons. The molecule has 0 atom stereocenters. The second kappa shape index (κ2) is 6.90. The third-order valence-electron chi connectivity index (χ3n) is 3.03. The molecule has 0 saturated heterocycles. The molecule has 1 aromatic heterocycles. The zero-order chi connectivity index (χ0) is 14.5. The Morgan fingerprint density at radius 1 is 1.45 bits per heavy atom. The van der Waals surface area contributed by atoms with Gasteiger partial charge in [-0.25, -0.2) is 0 Å². The first-order valence-corrected chi connectivity index (χ1v) is 7.32. The Kier molecular flexibility index (Phi) is 5.19. The van der Waals surface area contributed by atoms with E-state index in [2.05, 4.69) is 26.6 Å². The van der Waals surface area contributed by atoms with Crippen molar-refractivity contribution in [2.24, 2.45) is 0 Å². The number of hydrogen-bond donors (Lipinski definition) is 2. The van der Waals surface area contributed by atoms with Crippen molar-refractivity contribution in [3.8, 4) is 0 Å². The number of nitrogens with zero attached hydrogens (tertiary/aromatic N) is 1. The van der Waals surface area contributed by atoms with Gasteiger partial charge in [0.25, 0.3) is 5.91 Å². The zero-order valence-electron chi connectivity index (χ0n) is 11.3. The Balaban J connectivity index is 1.84. The number of nitrogens with one attached hydrogen (secondary N) is 2. The Bertz CT molecular complexity index is 497. The average Bonchev–Trinajstić information content (AvgIpc) is 3.19. The van der Waals surface area contributed by atoms with Gasteiger partial charge in [0, 0.05) is 30.4 Å². The van der Waals surface area contributed by atoms with Gasteiger partial charge >= 0.3 is 0 Å². The number of aromatic nitrogens is 1. The lowest BCUT2D eigenvalue weighted by atomic mass is 10.4. The maximum absolute atomic E-state index is 12.1. The van der Waals surface area contributed by atoms with Crippen LogP contribution in [0.5, 0.6) is 0 Å². The first kappa shape index (κ1) is 15.1. The summed E-state index contributed by atoms with van der Waals surface area (Å²) in [5.74, 6) is -0.455. The van der Waals surface area contributed by atoms with E-state index in [1.165, 1.54) is 0 Å². The van der Waals surface area contributed by atoms with Gasteiger partial charge in [-0.1, -0.05) is 0 Å². The van der Waals surface area contributed by atoms with Gasteiger partial charge in [0.1, 0.15) is 5.69 Å². The van der Waals surface area contributed by atoms with Crippen LogP contribution in [0.4, 0.5) is 0 Å². The molecule has 2 rings (SSSR count). The fourth-order valence-corrected chi connectivity index (χ4v) is 2.33. The van der Waals surface area contributed by atoms with Crippen LogP contribution in [-0.2, 0) is 9.53 Å². The lowest BCUT2D eigenvalue weighted by Gasteiger charge is -2.09. The van der Waals surface area contributed by atoms with Crippen LogP contribution in [-0.4, -0.2) is 43.2 Å². The molecule has 7 heteroatoms. The van der Waals surface area contributed by atoms with Crippen LogP contribution in [0.25, 0.3) is 0 Å². The van der Waals surface area contributed by atoms with Crippen molar-refractivity contribution in [3.05, 3.63) is 22.4 Å². The molecule has 20 heavy (non-hydrogen) atoms. The SMILES string of the molecule is COCCNC(=O)CNC(=O)c1cc(Br)cn1C1CC1. The molecule has 0 aliphatic heterocycles. The second-order valence-corrected chi connectivity index (χ2v) is 5.62. The second-order valence-electron chi connectivity index (χ2n) is 4.71. The van der Waals surface area contributed by atoms with Crippen LogP contribution >= 0.6 is 15.9 Å². The third kappa shape index (κ3) is 4.08. The van der Waals surface area contributed by atoms with E-state index in [-0.39, 0.29) is 18.4 Å². The van der Waals surface area contributed by atoms with E-state index in [9.17, 15) is 9.59 Å². The van der Waals surface area contributed by atoms with E-state index >= 15 is 0 Å². The summed E-state index contributed by atoms with van der Waals surface area (Å²) in [6, 6.07) is 2.19. The third-order valence-corrected chi connectivity index (χ3v) is 3.46. The monoisotopic (exact) mass is 343 g/mol. The maximum atomic E-state index is 12.1. The van der Waals surface area contributed by atoms with Crippen LogP contribution in [0, 0.1) is 0 Å². The van der Waals surface area contributed by atoms with Crippen LogP contribution in [0.3, 0.4) is 0 Å². The van der Waals surface area contributed by atoms with E-state index in [1.54, 1.807) is 13.2 Å². The minimum atomic E-state index is -0.232. The smallest absolute Gasteiger partial charge is 0.268 e. The molecular weight excluding hydrogens is 326 g/mol. The van der Waals surface area contributed by atoms with Crippen molar-refractivity contribution in [2.45, 2.75) is 18.9 Å². The molecule has 0 unspecified atom stereocenters. The largest absolute Gasteiger partial charge is 0.383 e. The minimum Gasteiger partial charge on any atom is -0.383 e. The highest BCUT2D eigenvalue weighted by molar-refractivity contribution is 9.10. The van der Waals surface area contributed by atoms with Gasteiger partial charge in [0.2, 0.25) is 5.91 Å². The van der Waals surface area contributed by atoms with Crippen molar-refractivity contribution in [1.82, 2.24) is 15.2 Å². The van der Waals surface area contributed by atoms with Crippen LogP contribution in [0.2, 0.25) is 0 Å². The Labute approximate surface area is 126 Å². The van der Waals surface area contributed by atoms with Gasteiger partial charge in [-0.3, -0.25) is 9.59 Å². The molecule has 0 spiro atoms. The molecule has 0 bridgehead atoms. The van der Waals surface area contributed by atoms with Gasteiger partial charge in [-0.2, -0.15) is 0 Å². The van der Waals surface area contributed by atoms with E-state index in [1.807, 2.05) is 10.8 Å². The van der Waals surface area contributed by atoms with Crippen molar-refractivity contribution in [1.29, 1.82) is 0 Å². The predicted molar refractivity (Wildman–Crippen MR) is 77.6 cm³/mol. The molecule has 1 aliphatic rings. The number of hydrogen-bond acceptors (Lipinski definition) is 3. The molecule has 0 aromatic carbocycles. The quantitative estimate of drug-likeness (QED) is 0.727. The number of rotatable bonds is 7. The van der Waals surface area contributed by atoms with Gasteiger partial charge in [-0.05, 0) is 34.8 Å². The summed E-state index contributed by atoms with van der Waals surface area (Å²) in [5.41, 5.74) is 0.587. The fourth-order valence-electron chi connectivity index (χ4n) is 1.89. The molecule has 1 heterocycles. The number of amides is 2. The fraction of sp³-hybridized carbons (Fsp3) is 0.538. The summed E-state index contributed by atoms with van der Waals surface area (Å²) < 4.78 is 7.66. The Morgan fingerprint density at radius 2 is 2.20 bits per heavy atom. The molecule has 2 N–H and O–H groups in total. The normalized spacial score (nSPS) is 14.1. The summed E-state index contributed by atoms with van der Waals surface area (Å²) in [7, 11) is 1.57. The topological polar surface area (TPSA) is 72.4 Å². The first-order chi connectivity index (χ1) is 9.61. The number of carbonyl (C=O) groups is 2. The van der Waals surface area contributed by atoms with Crippen LogP contribution in [0.15, 0.2) is 16.7 Å². The molecule has 2 amide bonds. The molecule has 0 radical (unpaired) electrons. The highest BCUT2D eigenvalue weighted by Crippen LogP contribution is 2.37. The van der Waals surface area contributed by atoms with Crippen molar-refractivity contribution >= 4 is 27.7 Å². The molecule has 1 saturated carbocycles. The van der Waals surface area contributed by atoms with E-state index in [4.69, 9.17) is 4.74 Å². The van der Waals surface area contributed by atoms with Crippen molar-refractivity contribution in [3.63, 3.8) is 0 Å². The lowest BCUT2D eigenvalue weighted by Crippen LogP contribution is -2.38. The minimum absolute atomic E-state index is 0.0317. The lowest BCUT2D eigenvalue weighted by molar-refractivity contribution is -0.120. The van der Waals surface area contributed by atoms with Crippen molar-refractivity contribution < 1.29 is 14.3 Å². The zero-order valence-corrected chi connectivity index (χ0v) is 12.9. The molecule has 6 nitrogen and oxygen atoms in total. The predicted octanol–water partition coefficient (Wildman–Crippen LogP) is 1.08. The van der Waals surface area contributed by atoms with Gasteiger partial charge in [0.05, 0.1) is 13.2 Å². The highest BCUT2D eigenvalue weighted by atomic mass is 79.9. The van der Waals surface area contributed by atoms with E-state index in [0.717, 1.165) is 17.3 Å². The molecule has 1 aromatic rings. The summed E-state index contributed by atoms with van der Waals surface area (Å²) >= 11 is 3.38. The van der Waals surface area contributed by atoms with Crippen LogP contribution in [0.1, 0.15) is 29.4 Å². The standard InChI is InChI=1S/C13H18BrN3O3/c1-20-5-4-15-12(18)7-16-13(19)11-6-9(14)8-17(11)10-2-3-10/h6,8,10H,2-5,7H2,1H3,(H,15,18)(H,16,19). The van der Waals surface area contributed by atoms with Gasteiger partial charge in [-0.15, -0.1) is 0 Å². The van der Waals surface area contributed by atoms with Gasteiger partial charge < -0.3 is 19.9 Å². The summed E-state index contributed by atoms with van der Waals surface area (Å²) in [6.45, 7) is 0.863. The summed E-state index contributed by atoms with van der Waals surface area (Å²) in [5, 5.41) is 5.28. The maximum Gasteiger partial charge on any atom is 0.268 e.